The van der Waals surface area contributed by atoms with Gasteiger partial charge in [-0.1, -0.05) is 111 Å². The Morgan fingerprint density at radius 1 is 0.473 bits per heavy atom. The Morgan fingerprint density at radius 2 is 0.964 bits per heavy atom. The number of rotatable bonds is 8. The van der Waals surface area contributed by atoms with Gasteiger partial charge in [-0.05, 0) is 130 Å². The number of hydrogen-bond donors (Lipinski definition) is 1. The van der Waals surface area contributed by atoms with Crippen LogP contribution >= 0.6 is 0 Å². The number of benzene rings is 9. The van der Waals surface area contributed by atoms with Crippen molar-refractivity contribution in [2.45, 2.75) is 32.1 Å². The van der Waals surface area contributed by atoms with Gasteiger partial charge in [0.1, 0.15) is 0 Å². The Bertz CT molecular complexity index is 2710. The molecular weight excluding hydrogens is 667 g/mol. The molecule has 9 aromatic rings. The van der Waals surface area contributed by atoms with Gasteiger partial charge in [-0.2, -0.15) is 0 Å². The summed E-state index contributed by atoms with van der Waals surface area (Å²) in [6, 6.07) is 64.6. The Morgan fingerprint density at radius 3 is 1.47 bits per heavy atom. The minimum absolute atomic E-state index is 0.00307. The van der Waals surface area contributed by atoms with Crippen LogP contribution < -0.4 is 15.1 Å². The van der Waals surface area contributed by atoms with Gasteiger partial charge in [-0.25, -0.2) is 0 Å². The molecule has 0 saturated carbocycles. The number of para-hydroxylation sites is 4. The van der Waals surface area contributed by atoms with Gasteiger partial charge < -0.3 is 15.1 Å². The molecule has 0 radical (unpaired) electrons. The molecule has 0 aromatic heterocycles. The highest BCUT2D eigenvalue weighted by atomic mass is 15.1. The topological polar surface area (TPSA) is 18.5 Å². The van der Waals surface area contributed by atoms with E-state index in [2.05, 4.69) is 205 Å². The van der Waals surface area contributed by atoms with Crippen molar-refractivity contribution in [1.82, 2.24) is 0 Å². The van der Waals surface area contributed by atoms with Crippen molar-refractivity contribution in [2.75, 3.05) is 22.2 Å². The van der Waals surface area contributed by atoms with E-state index in [1.54, 1.807) is 0 Å². The minimum Gasteiger partial charge on any atom is -0.388 e. The molecule has 9 aromatic carbocycles. The van der Waals surface area contributed by atoms with Crippen LogP contribution in [-0.4, -0.2) is 7.05 Å². The Hall–Kier alpha value is -6.58. The van der Waals surface area contributed by atoms with Crippen molar-refractivity contribution in [3.8, 4) is 11.1 Å². The highest BCUT2D eigenvalue weighted by Gasteiger charge is 2.33. The summed E-state index contributed by atoms with van der Waals surface area (Å²) < 4.78 is 0. The molecule has 0 atom stereocenters. The lowest BCUT2D eigenvalue weighted by atomic mass is 9.70. The van der Waals surface area contributed by atoms with Gasteiger partial charge in [0.25, 0.3) is 0 Å². The molecule has 1 aliphatic rings. The maximum Gasteiger partial charge on any atom is 0.0546 e. The predicted molar refractivity (Wildman–Crippen MR) is 236 cm³/mol. The largest absolute Gasteiger partial charge is 0.388 e. The highest BCUT2D eigenvalue weighted by Crippen LogP contribution is 2.54. The Balaban J connectivity index is 1.39. The van der Waals surface area contributed by atoms with E-state index in [0.717, 1.165) is 41.3 Å². The van der Waals surface area contributed by atoms with Crippen LogP contribution in [0.4, 0.5) is 39.8 Å². The van der Waals surface area contributed by atoms with Gasteiger partial charge in [0.15, 0.2) is 0 Å². The van der Waals surface area contributed by atoms with E-state index in [-0.39, 0.29) is 5.41 Å². The van der Waals surface area contributed by atoms with Crippen LogP contribution in [0.2, 0.25) is 0 Å². The van der Waals surface area contributed by atoms with Crippen LogP contribution in [0.3, 0.4) is 0 Å². The first-order valence-corrected chi connectivity index (χ1v) is 19.4. The lowest BCUT2D eigenvalue weighted by Gasteiger charge is -2.37. The first-order chi connectivity index (χ1) is 27.0. The van der Waals surface area contributed by atoms with Gasteiger partial charge >= 0.3 is 0 Å². The molecule has 0 aliphatic heterocycles. The quantitative estimate of drug-likeness (QED) is 0.158. The minimum atomic E-state index is 0.00307. The van der Waals surface area contributed by atoms with Crippen LogP contribution in [0.1, 0.15) is 31.4 Å². The Kier molecular flexibility index (Phi) is 7.85. The first kappa shape index (κ1) is 33.0. The van der Waals surface area contributed by atoms with Gasteiger partial charge in [-0.3, -0.25) is 0 Å². The summed E-state index contributed by atoms with van der Waals surface area (Å²) in [4.78, 5) is 4.92. The van der Waals surface area contributed by atoms with Crippen LogP contribution in [0.25, 0.3) is 43.4 Å². The molecule has 0 spiro atoms. The fraction of sp³-hybridized carbons (Fsp3) is 0.115. The summed E-state index contributed by atoms with van der Waals surface area (Å²) >= 11 is 0. The summed E-state index contributed by atoms with van der Waals surface area (Å²) in [7, 11) is 1.98. The summed E-state index contributed by atoms with van der Waals surface area (Å²) in [5.74, 6) is 0. The van der Waals surface area contributed by atoms with Crippen molar-refractivity contribution in [3.05, 3.63) is 187 Å². The zero-order valence-corrected chi connectivity index (χ0v) is 31.6. The molecular formula is C52H43N3. The van der Waals surface area contributed by atoms with Gasteiger partial charge in [0.2, 0.25) is 0 Å². The van der Waals surface area contributed by atoms with Crippen molar-refractivity contribution < 1.29 is 0 Å². The lowest BCUT2D eigenvalue weighted by Crippen LogP contribution is -2.24. The average molecular weight is 710 g/mol. The van der Waals surface area contributed by atoms with Crippen molar-refractivity contribution in [1.29, 1.82) is 0 Å². The molecule has 0 amide bonds. The second kappa shape index (κ2) is 13.1. The number of anilines is 7. The molecule has 266 valence electrons. The van der Waals surface area contributed by atoms with Gasteiger partial charge in [0.05, 0.1) is 11.4 Å². The first-order valence-electron chi connectivity index (χ1n) is 19.4. The predicted octanol–water partition coefficient (Wildman–Crippen LogP) is 14.5. The van der Waals surface area contributed by atoms with Crippen LogP contribution in [-0.2, 0) is 11.8 Å². The van der Waals surface area contributed by atoms with Crippen LogP contribution in [0.5, 0.6) is 0 Å². The van der Waals surface area contributed by atoms with E-state index in [0.29, 0.717) is 0 Å². The number of hydrogen-bond acceptors (Lipinski definition) is 3. The summed E-state index contributed by atoms with van der Waals surface area (Å²) in [5, 5.41) is 11.2. The van der Waals surface area contributed by atoms with Crippen molar-refractivity contribution in [2.24, 2.45) is 0 Å². The third kappa shape index (κ3) is 5.41. The van der Waals surface area contributed by atoms with Crippen LogP contribution in [0, 0.1) is 0 Å². The second-order valence-corrected chi connectivity index (χ2v) is 15.5. The van der Waals surface area contributed by atoms with E-state index in [1.807, 2.05) is 7.05 Å². The monoisotopic (exact) mass is 709 g/mol. The Labute approximate surface area is 323 Å². The van der Waals surface area contributed by atoms with E-state index in [9.17, 15) is 0 Å². The SMILES string of the molecule is CNc1ccc(-c2cc(N(c3ccccc3)c3ccccc3)c3cc4c5c(cc(N(c6ccccc6)c6ccccc6)c6ccc2c3c65)CCC4(C)C)cc1. The van der Waals surface area contributed by atoms with E-state index >= 15 is 0 Å². The normalized spacial score (nSPS) is 13.4. The molecule has 1 aliphatic carbocycles. The van der Waals surface area contributed by atoms with Crippen LogP contribution in [0.15, 0.2) is 176 Å². The third-order valence-corrected chi connectivity index (χ3v) is 11.8. The molecule has 10 rings (SSSR count). The smallest absolute Gasteiger partial charge is 0.0546 e. The molecule has 0 fully saturated rings. The molecule has 0 heterocycles. The number of nitrogens with zero attached hydrogens (tertiary/aromatic N) is 2. The molecule has 0 bridgehead atoms. The number of aryl methyl sites for hydroxylation is 1. The maximum atomic E-state index is 3.32. The maximum absolute atomic E-state index is 3.32. The summed E-state index contributed by atoms with van der Waals surface area (Å²) in [6.07, 6.45) is 2.12. The zero-order valence-electron chi connectivity index (χ0n) is 31.6. The summed E-state index contributed by atoms with van der Waals surface area (Å²) in [5.41, 5.74) is 13.4. The van der Waals surface area contributed by atoms with Gasteiger partial charge in [-0.15, -0.1) is 0 Å². The second-order valence-electron chi connectivity index (χ2n) is 15.5. The fourth-order valence-electron chi connectivity index (χ4n) is 9.05. The van der Waals surface area contributed by atoms with E-state index in [1.165, 1.54) is 65.9 Å². The summed E-state index contributed by atoms with van der Waals surface area (Å²) in [6.45, 7) is 4.88. The van der Waals surface area contributed by atoms with E-state index < -0.39 is 0 Å². The molecule has 3 nitrogen and oxygen atoms in total. The fourth-order valence-corrected chi connectivity index (χ4v) is 9.05. The van der Waals surface area contributed by atoms with Gasteiger partial charge in [0, 0.05) is 57.0 Å². The standard InChI is InChI=1S/C52H43N3/c1-52(2)31-30-36-32-47(54(38-16-8-4-9-17-38)39-18-10-5-11-19-39)43-29-28-42-44(35-24-26-37(53-3)27-25-35)34-48(45-33-46(52)49(36)51(43)50(42)45)55(40-20-12-6-13-21-40)41-22-14-7-15-23-41/h4-29,32-34,53H,30-31H2,1-3H3. The van der Waals surface area contributed by atoms with E-state index in [4.69, 9.17) is 0 Å². The third-order valence-electron chi connectivity index (χ3n) is 11.8. The molecule has 0 unspecified atom stereocenters. The molecule has 1 N–H and O–H groups in total. The van der Waals surface area contributed by atoms with Crippen molar-refractivity contribution in [3.63, 3.8) is 0 Å². The lowest BCUT2D eigenvalue weighted by molar-refractivity contribution is 0.475. The zero-order chi connectivity index (χ0) is 37.1. The van der Waals surface area contributed by atoms with Crippen molar-refractivity contribution >= 4 is 72.1 Å². The average Bonchev–Trinajstić information content (AvgIpc) is 3.24. The highest BCUT2D eigenvalue weighted by molar-refractivity contribution is 6.32. The molecule has 3 heteroatoms. The molecule has 0 saturated heterocycles. The number of nitrogens with one attached hydrogen (secondary N) is 1. The molecule has 55 heavy (non-hydrogen) atoms.